The summed E-state index contributed by atoms with van der Waals surface area (Å²) in [6.45, 7) is 0. The summed E-state index contributed by atoms with van der Waals surface area (Å²) in [6.07, 6.45) is 0. The molecule has 0 aliphatic rings. The Labute approximate surface area is 101 Å². The maximum Gasteiger partial charge on any atom is 3.00 e. The van der Waals surface area contributed by atoms with Crippen molar-refractivity contribution in [1.29, 1.82) is 0 Å². The van der Waals surface area contributed by atoms with Crippen LogP contribution in [-0.2, 0) is 25.8 Å². The third kappa shape index (κ3) is 55.8. The van der Waals surface area contributed by atoms with Crippen molar-refractivity contribution in [2.24, 2.45) is 0 Å². The van der Waals surface area contributed by atoms with Gasteiger partial charge in [-0.15, -0.1) is 0 Å². The molecule has 7 heteroatoms. The van der Waals surface area contributed by atoms with Gasteiger partial charge in [0.1, 0.15) is 0 Å². The van der Waals surface area contributed by atoms with Crippen LogP contribution in [0.3, 0.4) is 0 Å². The maximum atomic E-state index is 8.42. The number of hydrogen-bond acceptors (Lipinski definition) is 3. The van der Waals surface area contributed by atoms with E-state index in [2.05, 4.69) is 0 Å². The molecule has 0 saturated heterocycles. The zero-order valence-electron chi connectivity index (χ0n) is 3.21. The summed E-state index contributed by atoms with van der Waals surface area (Å²) in [5.74, 6) is 0. The largest absolute Gasteiger partial charge is 3.00 e. The molecule has 0 heterocycles. The van der Waals surface area contributed by atoms with E-state index in [4.69, 9.17) is 15.1 Å². The van der Waals surface area contributed by atoms with Crippen molar-refractivity contribution in [3.63, 3.8) is 0 Å². The number of hydrogen-bond donors (Lipinski definition) is 0. The first-order valence-electron chi connectivity index (χ1n) is 0.707. The molecule has 0 N–H and O–H groups in total. The summed E-state index contributed by atoms with van der Waals surface area (Å²) in [5, 5.41) is 25.2. The molecule has 0 spiro atoms. The van der Waals surface area contributed by atoms with Crippen LogP contribution in [0.15, 0.2) is 0 Å². The molecule has 7 heavy (non-hydrogen) atoms. The Hall–Kier alpha value is 2.58. The molecule has 0 unspecified atom stereocenters. The first-order valence-corrected chi connectivity index (χ1v) is 0.707. The Bertz CT molecular complexity index is 19.7. The van der Waals surface area contributed by atoms with E-state index < -0.39 is 7.32 Å². The summed E-state index contributed by atoms with van der Waals surface area (Å²) < 4.78 is 0. The van der Waals surface area contributed by atoms with Gasteiger partial charge < -0.3 is 15.1 Å². The Balaban J connectivity index is -0.0000000150. The third-order valence-corrected chi connectivity index (χ3v) is 0. The molecule has 0 amide bonds. The zero-order chi connectivity index (χ0) is 3.58. The molecule has 0 rings (SSSR count). The van der Waals surface area contributed by atoms with Gasteiger partial charge in [0.15, 0.2) is 0 Å². The molecular weight excluding hydrogens is 306 g/mol. The van der Waals surface area contributed by atoms with Gasteiger partial charge in [-0.3, -0.25) is 7.32 Å². The third-order valence-electron chi connectivity index (χ3n) is 0. The molecule has 0 saturated carbocycles. The van der Waals surface area contributed by atoms with E-state index >= 15 is 0 Å². The standard InChI is InChI=1S/Al.BO3.Lu.Sc/c;2-1(3)4;;/q;-3;;+3. The molecule has 0 atom stereocenters. The van der Waals surface area contributed by atoms with Crippen LogP contribution in [0.4, 0.5) is 0 Å². The minimum Gasteiger partial charge on any atom is -0.907 e. The second-order valence-electron chi connectivity index (χ2n) is 0.289. The van der Waals surface area contributed by atoms with Crippen molar-refractivity contribution in [2.45, 2.75) is 0 Å². The van der Waals surface area contributed by atoms with E-state index in [0.717, 1.165) is 0 Å². The summed E-state index contributed by atoms with van der Waals surface area (Å²) in [4.78, 5) is 0. The van der Waals surface area contributed by atoms with E-state index in [1.807, 2.05) is 0 Å². The Morgan fingerprint density at radius 1 is 1.00 bits per heavy atom. The Kier molecular flexibility index (Phi) is 51.2. The van der Waals surface area contributed by atoms with Crippen LogP contribution in [0.25, 0.3) is 0 Å². The van der Waals surface area contributed by atoms with Gasteiger partial charge >= 0.3 is 25.8 Å². The second-order valence-corrected chi connectivity index (χ2v) is 0.289. The normalized spacial score (nSPS) is 3.86. The molecule has 0 aromatic carbocycles. The predicted molar refractivity (Wildman–Crippen MR) is 11.5 cm³/mol. The van der Waals surface area contributed by atoms with Gasteiger partial charge in [-0.2, -0.15) is 0 Å². The fourth-order valence-electron chi connectivity index (χ4n) is 0. The molecule has 4 radical (unpaired) electrons. The average molecular weight is 306 g/mol. The van der Waals surface area contributed by atoms with Crippen molar-refractivity contribution in [2.75, 3.05) is 0 Å². The van der Waals surface area contributed by atoms with Crippen LogP contribution in [0.1, 0.15) is 0 Å². The molecule has 0 fully saturated rings. The van der Waals surface area contributed by atoms with E-state index in [1.54, 1.807) is 0 Å². The predicted octanol–water partition coefficient (Wildman–Crippen LogP) is -4.33. The van der Waals surface area contributed by atoms with Gasteiger partial charge in [-0.1, -0.05) is 0 Å². The monoisotopic (exact) mass is 306 g/mol. The van der Waals surface area contributed by atoms with Crippen molar-refractivity contribution in [3.05, 3.63) is 0 Å². The van der Waals surface area contributed by atoms with Gasteiger partial charge in [0.25, 0.3) is 0 Å². The van der Waals surface area contributed by atoms with Crippen LogP contribution in [0.2, 0.25) is 0 Å². The summed E-state index contributed by atoms with van der Waals surface area (Å²) in [6, 6.07) is 0. The second kappa shape index (κ2) is 15.8. The van der Waals surface area contributed by atoms with E-state index in [0.29, 0.717) is 0 Å². The fourth-order valence-corrected chi connectivity index (χ4v) is 0. The molecule has 0 aliphatic carbocycles. The first-order chi connectivity index (χ1) is 1.73. The van der Waals surface area contributed by atoms with E-state index in [1.165, 1.54) is 0 Å². The minimum absolute atomic E-state index is 0. The van der Waals surface area contributed by atoms with Crippen LogP contribution in [-0.4, -0.2) is 24.7 Å². The van der Waals surface area contributed by atoms with Gasteiger partial charge in [0, 0.05) is 54.2 Å². The average Bonchev–Trinajstić information content (AvgIpc) is 0.811. The van der Waals surface area contributed by atoms with E-state index in [9.17, 15) is 0 Å². The molecular formula is AlBLuO3Sc. The molecule has 0 aliphatic heterocycles. The summed E-state index contributed by atoms with van der Waals surface area (Å²) >= 11 is 0. The van der Waals surface area contributed by atoms with Crippen molar-refractivity contribution in [1.82, 2.24) is 0 Å². The van der Waals surface area contributed by atoms with Crippen LogP contribution >= 0.6 is 0 Å². The first kappa shape index (κ1) is 22.6. The fraction of sp³-hybridized carbons (Fsp3) is 0. The van der Waals surface area contributed by atoms with Crippen LogP contribution in [0, 0.1) is 36.9 Å². The smallest absolute Gasteiger partial charge is 0.907 e. The van der Waals surface area contributed by atoms with Crippen molar-refractivity contribution in [3.8, 4) is 0 Å². The SMILES string of the molecule is [Al].[Lu].[O-]B([O-])[O-].[Sc+3]. The summed E-state index contributed by atoms with van der Waals surface area (Å²) in [7, 11) is -2.92. The van der Waals surface area contributed by atoms with Crippen LogP contribution < -0.4 is 15.1 Å². The minimum atomic E-state index is -2.92. The maximum absolute atomic E-state index is 8.42. The van der Waals surface area contributed by atoms with Crippen molar-refractivity contribution < 1.29 is 77.8 Å². The van der Waals surface area contributed by atoms with Gasteiger partial charge in [0.2, 0.25) is 0 Å². The zero-order valence-corrected chi connectivity index (χ0v) is 7.83. The molecule has 3 nitrogen and oxygen atoms in total. The molecule has 0 bridgehead atoms. The quantitative estimate of drug-likeness (QED) is 0.425. The number of rotatable bonds is 0. The van der Waals surface area contributed by atoms with Gasteiger partial charge in [0.05, 0.1) is 0 Å². The molecule has 0 aromatic rings. The van der Waals surface area contributed by atoms with Crippen molar-refractivity contribution >= 4 is 24.7 Å². The van der Waals surface area contributed by atoms with E-state index in [-0.39, 0.29) is 80.1 Å². The van der Waals surface area contributed by atoms with Gasteiger partial charge in [-0.25, -0.2) is 0 Å². The Morgan fingerprint density at radius 2 is 1.00 bits per heavy atom. The molecule has 42 valence electrons. The van der Waals surface area contributed by atoms with Gasteiger partial charge in [-0.05, 0) is 0 Å². The molecule has 0 aromatic heterocycles. The topological polar surface area (TPSA) is 69.2 Å². The summed E-state index contributed by atoms with van der Waals surface area (Å²) in [5.41, 5.74) is 0. The Morgan fingerprint density at radius 3 is 1.00 bits per heavy atom. The van der Waals surface area contributed by atoms with Crippen LogP contribution in [0.5, 0.6) is 0 Å².